The molecule has 1 fully saturated rings. The fourth-order valence-corrected chi connectivity index (χ4v) is 2.98. The zero-order valence-corrected chi connectivity index (χ0v) is 12.7. The Morgan fingerprint density at radius 2 is 2.00 bits per heavy atom. The van der Waals surface area contributed by atoms with Crippen LogP contribution < -0.4 is 10.2 Å². The Morgan fingerprint density at radius 3 is 2.70 bits per heavy atom. The number of nitrogens with zero attached hydrogens (tertiary/aromatic N) is 5. The highest BCUT2D eigenvalue weighted by Crippen LogP contribution is 2.34. The van der Waals surface area contributed by atoms with Gasteiger partial charge in [-0.25, -0.2) is 0 Å². The lowest BCUT2D eigenvalue weighted by Crippen LogP contribution is -2.44. The Labute approximate surface area is 121 Å². The number of aromatic nitrogens is 3. The molecule has 20 heavy (non-hydrogen) atoms. The normalized spacial score (nSPS) is 16.6. The van der Waals surface area contributed by atoms with Gasteiger partial charge in [0.15, 0.2) is 0 Å². The lowest BCUT2D eigenvalue weighted by molar-refractivity contribution is 0.309. The minimum atomic E-state index is 0.537. The summed E-state index contributed by atoms with van der Waals surface area (Å²) >= 11 is 1.41. The molecule has 0 spiro atoms. The molecule has 0 unspecified atom stereocenters. The van der Waals surface area contributed by atoms with E-state index in [4.69, 9.17) is 4.52 Å². The molecule has 0 atom stereocenters. The van der Waals surface area contributed by atoms with E-state index in [1.807, 2.05) is 14.0 Å². The van der Waals surface area contributed by atoms with Gasteiger partial charge < -0.3 is 19.6 Å². The van der Waals surface area contributed by atoms with Crippen molar-refractivity contribution in [1.82, 2.24) is 19.4 Å². The van der Waals surface area contributed by atoms with E-state index in [9.17, 15) is 0 Å². The standard InChI is InChI=1S/C12H18N6OS/c1-8-9(11(13-2)20-16-8)10-14-12(15-19-10)18-6-4-17(3)5-7-18/h13H,4-7H2,1-3H3. The molecule has 0 amide bonds. The van der Waals surface area contributed by atoms with Gasteiger partial charge in [-0.15, -0.1) is 0 Å². The first-order chi connectivity index (χ1) is 9.69. The van der Waals surface area contributed by atoms with Crippen LogP contribution in [0.5, 0.6) is 0 Å². The minimum absolute atomic E-state index is 0.537. The van der Waals surface area contributed by atoms with Crippen molar-refractivity contribution in [2.45, 2.75) is 6.92 Å². The smallest absolute Gasteiger partial charge is 0.266 e. The van der Waals surface area contributed by atoms with Gasteiger partial charge in [0.2, 0.25) is 0 Å². The maximum atomic E-state index is 5.42. The van der Waals surface area contributed by atoms with E-state index in [0.717, 1.165) is 42.4 Å². The molecule has 2 aromatic heterocycles. The van der Waals surface area contributed by atoms with Gasteiger partial charge in [-0.05, 0) is 30.7 Å². The van der Waals surface area contributed by atoms with Crippen LogP contribution in [0.1, 0.15) is 5.69 Å². The summed E-state index contributed by atoms with van der Waals surface area (Å²) in [6, 6.07) is 0. The first-order valence-electron chi connectivity index (χ1n) is 6.60. The summed E-state index contributed by atoms with van der Waals surface area (Å²) < 4.78 is 9.75. The Balaban J connectivity index is 1.85. The van der Waals surface area contributed by atoms with Crippen molar-refractivity contribution in [3.05, 3.63) is 5.69 Å². The quantitative estimate of drug-likeness (QED) is 0.914. The number of likely N-dealkylation sites (N-methyl/N-ethyl adjacent to an activating group) is 1. The first kappa shape index (κ1) is 13.3. The van der Waals surface area contributed by atoms with Crippen LogP contribution in [-0.2, 0) is 0 Å². The molecule has 1 saturated heterocycles. The van der Waals surface area contributed by atoms with Crippen LogP contribution in [0, 0.1) is 6.92 Å². The zero-order chi connectivity index (χ0) is 14.1. The van der Waals surface area contributed by atoms with E-state index in [1.165, 1.54) is 11.5 Å². The van der Waals surface area contributed by atoms with Gasteiger partial charge in [0.1, 0.15) is 5.00 Å². The van der Waals surface area contributed by atoms with Crippen LogP contribution in [-0.4, -0.2) is 59.7 Å². The van der Waals surface area contributed by atoms with E-state index in [0.29, 0.717) is 11.8 Å². The summed E-state index contributed by atoms with van der Waals surface area (Å²) in [6.07, 6.45) is 0. The predicted octanol–water partition coefficient (Wildman–Crippen LogP) is 1.30. The van der Waals surface area contributed by atoms with E-state index in [-0.39, 0.29) is 0 Å². The third kappa shape index (κ3) is 2.36. The number of aryl methyl sites for hydroxylation is 1. The molecule has 3 heterocycles. The largest absolute Gasteiger partial charge is 0.378 e. The molecule has 0 aromatic carbocycles. The van der Waals surface area contributed by atoms with Crippen LogP contribution in [0.3, 0.4) is 0 Å². The summed E-state index contributed by atoms with van der Waals surface area (Å²) in [4.78, 5) is 8.98. The fourth-order valence-electron chi connectivity index (χ4n) is 2.24. The van der Waals surface area contributed by atoms with Gasteiger partial charge in [-0.2, -0.15) is 9.36 Å². The molecule has 0 saturated carbocycles. The van der Waals surface area contributed by atoms with Crippen molar-refractivity contribution in [3.63, 3.8) is 0 Å². The molecule has 1 N–H and O–H groups in total. The first-order valence-corrected chi connectivity index (χ1v) is 7.38. The predicted molar refractivity (Wildman–Crippen MR) is 79.4 cm³/mol. The molecular formula is C12H18N6OS. The summed E-state index contributed by atoms with van der Waals surface area (Å²) in [5.41, 5.74) is 1.82. The Bertz CT molecular complexity index is 587. The Kier molecular flexibility index (Phi) is 3.58. The van der Waals surface area contributed by atoms with Gasteiger partial charge in [0.05, 0.1) is 11.3 Å². The summed E-state index contributed by atoms with van der Waals surface area (Å²) in [5.74, 6) is 1.20. The second-order valence-corrected chi connectivity index (χ2v) is 5.69. The highest BCUT2D eigenvalue weighted by atomic mass is 32.1. The molecule has 7 nitrogen and oxygen atoms in total. The molecule has 8 heteroatoms. The maximum Gasteiger partial charge on any atom is 0.266 e. The van der Waals surface area contributed by atoms with Crippen LogP contribution in [0.2, 0.25) is 0 Å². The topological polar surface area (TPSA) is 70.3 Å². The number of hydrogen-bond acceptors (Lipinski definition) is 8. The lowest BCUT2D eigenvalue weighted by atomic mass is 10.2. The number of anilines is 2. The third-order valence-electron chi connectivity index (χ3n) is 3.51. The van der Waals surface area contributed by atoms with E-state index in [2.05, 4.69) is 36.7 Å². The molecule has 2 aromatic rings. The van der Waals surface area contributed by atoms with Crippen molar-refractivity contribution < 1.29 is 4.52 Å². The van der Waals surface area contributed by atoms with Crippen LogP contribution in [0.4, 0.5) is 10.9 Å². The number of piperazine rings is 1. The molecular weight excluding hydrogens is 276 g/mol. The molecule has 3 rings (SSSR count). The lowest BCUT2D eigenvalue weighted by Gasteiger charge is -2.31. The molecule has 0 aliphatic carbocycles. The van der Waals surface area contributed by atoms with Crippen molar-refractivity contribution in [2.75, 3.05) is 50.5 Å². The summed E-state index contributed by atoms with van der Waals surface area (Å²) in [7, 11) is 3.99. The van der Waals surface area contributed by atoms with Crippen LogP contribution >= 0.6 is 11.5 Å². The van der Waals surface area contributed by atoms with Crippen molar-refractivity contribution >= 4 is 22.5 Å². The van der Waals surface area contributed by atoms with Gasteiger partial charge in [0, 0.05) is 33.2 Å². The van der Waals surface area contributed by atoms with E-state index in [1.54, 1.807) is 0 Å². The van der Waals surface area contributed by atoms with Crippen molar-refractivity contribution in [1.29, 1.82) is 0 Å². The number of nitrogens with one attached hydrogen (secondary N) is 1. The summed E-state index contributed by atoms with van der Waals surface area (Å²) in [5, 5.41) is 8.18. The van der Waals surface area contributed by atoms with E-state index >= 15 is 0 Å². The fraction of sp³-hybridized carbons (Fsp3) is 0.583. The molecule has 108 valence electrons. The molecule has 0 bridgehead atoms. The van der Waals surface area contributed by atoms with Crippen molar-refractivity contribution in [2.24, 2.45) is 0 Å². The average molecular weight is 294 g/mol. The van der Waals surface area contributed by atoms with Crippen LogP contribution in [0.25, 0.3) is 11.5 Å². The van der Waals surface area contributed by atoms with Gasteiger partial charge >= 0.3 is 0 Å². The highest BCUT2D eigenvalue weighted by Gasteiger charge is 2.22. The highest BCUT2D eigenvalue weighted by molar-refractivity contribution is 7.10. The number of rotatable bonds is 3. The SMILES string of the molecule is CNc1snc(C)c1-c1nc(N2CCN(C)CC2)no1. The van der Waals surface area contributed by atoms with Gasteiger partial charge in [0.25, 0.3) is 11.8 Å². The molecule has 1 aliphatic heterocycles. The van der Waals surface area contributed by atoms with Crippen molar-refractivity contribution in [3.8, 4) is 11.5 Å². The average Bonchev–Trinajstić information content (AvgIpc) is 3.05. The number of hydrogen-bond donors (Lipinski definition) is 1. The van der Waals surface area contributed by atoms with Gasteiger partial charge in [-0.1, -0.05) is 0 Å². The molecule has 1 aliphatic rings. The second kappa shape index (κ2) is 5.37. The monoisotopic (exact) mass is 294 g/mol. The Hall–Kier alpha value is -1.67. The summed E-state index contributed by atoms with van der Waals surface area (Å²) in [6.45, 7) is 5.84. The third-order valence-corrected chi connectivity index (χ3v) is 4.46. The van der Waals surface area contributed by atoms with E-state index < -0.39 is 0 Å². The molecule has 0 radical (unpaired) electrons. The second-order valence-electron chi connectivity index (χ2n) is 4.91. The maximum absolute atomic E-state index is 5.42. The Morgan fingerprint density at radius 1 is 1.25 bits per heavy atom. The van der Waals surface area contributed by atoms with Crippen LogP contribution in [0.15, 0.2) is 4.52 Å². The minimum Gasteiger partial charge on any atom is -0.378 e. The zero-order valence-electron chi connectivity index (χ0n) is 11.9. The van der Waals surface area contributed by atoms with Gasteiger partial charge in [-0.3, -0.25) is 0 Å².